The minimum atomic E-state index is 0.0103. The Bertz CT molecular complexity index is 458. The van der Waals surface area contributed by atoms with Crippen molar-refractivity contribution < 1.29 is 0 Å². The number of aryl methyl sites for hydroxylation is 1. The van der Waals surface area contributed by atoms with Gasteiger partial charge in [0.25, 0.3) is 0 Å². The molecule has 0 radical (unpaired) electrons. The molecule has 0 saturated heterocycles. The summed E-state index contributed by atoms with van der Waals surface area (Å²) in [4.78, 5) is 0.821. The molecule has 1 atom stereocenters. The minimum Gasteiger partial charge on any atom is -0.322 e. The van der Waals surface area contributed by atoms with Crippen LogP contribution in [0.1, 0.15) is 37.1 Å². The van der Waals surface area contributed by atoms with Crippen molar-refractivity contribution >= 4 is 16.3 Å². The second kappa shape index (κ2) is 3.86. The van der Waals surface area contributed by atoms with Crippen LogP contribution in [0.15, 0.2) is 0 Å². The molecule has 0 aliphatic rings. The van der Waals surface area contributed by atoms with Gasteiger partial charge in [-0.3, -0.25) is 0 Å². The zero-order chi connectivity index (χ0) is 11.0. The third kappa shape index (κ3) is 2.00. The lowest BCUT2D eigenvalue weighted by Gasteiger charge is -2.09. The molecule has 0 aliphatic heterocycles. The fourth-order valence-corrected chi connectivity index (χ4v) is 2.39. The first-order valence-electron chi connectivity index (χ1n) is 5.02. The molecule has 2 N–H and O–H groups in total. The van der Waals surface area contributed by atoms with Gasteiger partial charge in [-0.05, 0) is 19.3 Å². The molecule has 0 saturated carbocycles. The number of hydrogen-bond donors (Lipinski definition) is 1. The van der Waals surface area contributed by atoms with E-state index in [0.29, 0.717) is 5.92 Å². The molecule has 2 aromatic heterocycles. The molecule has 82 valence electrons. The second-order valence-corrected chi connectivity index (χ2v) is 5.11. The van der Waals surface area contributed by atoms with E-state index in [1.165, 1.54) is 11.3 Å². The van der Waals surface area contributed by atoms with Crippen LogP contribution in [0, 0.1) is 12.8 Å². The topological polar surface area (TPSA) is 69.1 Å². The first kappa shape index (κ1) is 10.5. The Morgan fingerprint density at radius 3 is 2.73 bits per heavy atom. The number of nitrogens with two attached hydrogens (primary N) is 1. The number of fused-ring (bicyclic) bond motifs is 1. The van der Waals surface area contributed by atoms with Crippen LogP contribution < -0.4 is 5.73 Å². The molecule has 2 heterocycles. The van der Waals surface area contributed by atoms with E-state index < -0.39 is 0 Å². The maximum Gasteiger partial charge on any atom is 0.234 e. The highest BCUT2D eigenvalue weighted by Gasteiger charge is 2.15. The van der Waals surface area contributed by atoms with E-state index in [9.17, 15) is 0 Å². The summed E-state index contributed by atoms with van der Waals surface area (Å²) in [6.07, 6.45) is 0.948. The highest BCUT2D eigenvalue weighted by atomic mass is 32.1. The lowest BCUT2D eigenvalue weighted by molar-refractivity contribution is 0.504. The third-order valence-electron chi connectivity index (χ3n) is 2.20. The highest BCUT2D eigenvalue weighted by Crippen LogP contribution is 2.23. The molecule has 0 aromatic carbocycles. The van der Waals surface area contributed by atoms with Gasteiger partial charge in [0.1, 0.15) is 5.01 Å². The first-order valence-corrected chi connectivity index (χ1v) is 5.84. The predicted molar refractivity (Wildman–Crippen MR) is 59.8 cm³/mol. The molecule has 2 rings (SSSR count). The molecular weight excluding hydrogens is 210 g/mol. The van der Waals surface area contributed by atoms with Gasteiger partial charge < -0.3 is 5.73 Å². The van der Waals surface area contributed by atoms with Crippen LogP contribution in [0.3, 0.4) is 0 Å². The normalized spacial score (nSPS) is 13.9. The minimum absolute atomic E-state index is 0.0103. The Balaban J connectivity index is 2.28. The van der Waals surface area contributed by atoms with E-state index in [4.69, 9.17) is 5.73 Å². The maximum atomic E-state index is 6.06. The Morgan fingerprint density at radius 1 is 1.40 bits per heavy atom. The molecule has 6 heteroatoms. The number of aromatic nitrogens is 4. The SMILES string of the molecule is Cc1nnc2sc(C(N)CC(C)C)nn12. The number of nitrogens with zero attached hydrogens (tertiary/aromatic N) is 4. The van der Waals surface area contributed by atoms with Gasteiger partial charge >= 0.3 is 0 Å². The lowest BCUT2D eigenvalue weighted by atomic mass is 10.1. The second-order valence-electron chi connectivity index (χ2n) is 4.12. The summed E-state index contributed by atoms with van der Waals surface area (Å²) >= 11 is 1.52. The van der Waals surface area contributed by atoms with Crippen molar-refractivity contribution in [1.29, 1.82) is 0 Å². The molecule has 15 heavy (non-hydrogen) atoms. The summed E-state index contributed by atoms with van der Waals surface area (Å²) in [5.41, 5.74) is 6.06. The van der Waals surface area contributed by atoms with E-state index in [2.05, 4.69) is 29.1 Å². The summed E-state index contributed by atoms with van der Waals surface area (Å²) in [6, 6.07) is 0.0103. The smallest absolute Gasteiger partial charge is 0.234 e. The standard InChI is InChI=1S/C9H15N5S/c1-5(2)4-7(10)8-13-14-6(3)11-12-9(14)15-8/h5,7H,4,10H2,1-3H3. The van der Waals surface area contributed by atoms with Crippen molar-refractivity contribution in [1.82, 2.24) is 19.8 Å². The fourth-order valence-electron chi connectivity index (χ4n) is 1.49. The van der Waals surface area contributed by atoms with Crippen LogP contribution in [-0.2, 0) is 0 Å². The van der Waals surface area contributed by atoms with Crippen LogP contribution in [0.2, 0.25) is 0 Å². The zero-order valence-corrected chi connectivity index (χ0v) is 9.95. The van der Waals surface area contributed by atoms with E-state index in [-0.39, 0.29) is 6.04 Å². The Kier molecular flexibility index (Phi) is 2.70. The van der Waals surface area contributed by atoms with Gasteiger partial charge in [0.15, 0.2) is 5.82 Å². The average Bonchev–Trinajstić information content (AvgIpc) is 2.67. The van der Waals surface area contributed by atoms with E-state index >= 15 is 0 Å². The van der Waals surface area contributed by atoms with Gasteiger partial charge in [-0.25, -0.2) is 0 Å². The molecule has 0 amide bonds. The third-order valence-corrected chi connectivity index (χ3v) is 3.24. The van der Waals surface area contributed by atoms with E-state index in [1.807, 2.05) is 6.92 Å². The summed E-state index contributed by atoms with van der Waals surface area (Å²) in [5.74, 6) is 1.39. The van der Waals surface area contributed by atoms with Gasteiger partial charge in [0, 0.05) is 0 Å². The van der Waals surface area contributed by atoms with Crippen LogP contribution in [-0.4, -0.2) is 19.8 Å². The number of rotatable bonds is 3. The first-order chi connectivity index (χ1) is 7.08. The Hall–Kier alpha value is -1.01. The molecule has 0 bridgehead atoms. The van der Waals surface area contributed by atoms with E-state index in [1.54, 1.807) is 4.52 Å². The Labute approximate surface area is 92.3 Å². The van der Waals surface area contributed by atoms with Crippen LogP contribution in [0.25, 0.3) is 4.96 Å². The average molecular weight is 225 g/mol. The maximum absolute atomic E-state index is 6.06. The van der Waals surface area contributed by atoms with Gasteiger partial charge in [0.2, 0.25) is 4.96 Å². The summed E-state index contributed by atoms with van der Waals surface area (Å²) in [6.45, 7) is 6.20. The number of hydrogen-bond acceptors (Lipinski definition) is 5. The fraction of sp³-hybridized carbons (Fsp3) is 0.667. The molecule has 2 aromatic rings. The molecule has 0 spiro atoms. The summed E-state index contributed by atoms with van der Waals surface area (Å²) in [5, 5.41) is 13.3. The zero-order valence-electron chi connectivity index (χ0n) is 9.14. The summed E-state index contributed by atoms with van der Waals surface area (Å²) in [7, 11) is 0. The molecule has 5 nitrogen and oxygen atoms in total. The van der Waals surface area contributed by atoms with Crippen molar-refractivity contribution in [3.05, 3.63) is 10.8 Å². The van der Waals surface area contributed by atoms with Crippen molar-refractivity contribution in [2.75, 3.05) is 0 Å². The molecular formula is C9H15N5S. The van der Waals surface area contributed by atoms with Gasteiger partial charge in [-0.1, -0.05) is 25.2 Å². The lowest BCUT2D eigenvalue weighted by Crippen LogP contribution is -2.13. The van der Waals surface area contributed by atoms with Gasteiger partial charge in [-0.2, -0.15) is 9.61 Å². The molecule has 0 fully saturated rings. The predicted octanol–water partition coefficient (Wildman–Crippen LogP) is 1.54. The van der Waals surface area contributed by atoms with Crippen LogP contribution in [0.5, 0.6) is 0 Å². The quantitative estimate of drug-likeness (QED) is 0.860. The van der Waals surface area contributed by atoms with Gasteiger partial charge in [-0.15, -0.1) is 10.2 Å². The van der Waals surface area contributed by atoms with Crippen LogP contribution in [0.4, 0.5) is 0 Å². The van der Waals surface area contributed by atoms with Gasteiger partial charge in [0.05, 0.1) is 6.04 Å². The van der Waals surface area contributed by atoms with Crippen molar-refractivity contribution in [3.63, 3.8) is 0 Å². The Morgan fingerprint density at radius 2 is 2.13 bits per heavy atom. The van der Waals surface area contributed by atoms with Crippen molar-refractivity contribution in [2.24, 2.45) is 11.7 Å². The molecule has 0 aliphatic carbocycles. The largest absolute Gasteiger partial charge is 0.322 e. The van der Waals surface area contributed by atoms with Crippen LogP contribution >= 0.6 is 11.3 Å². The van der Waals surface area contributed by atoms with Crippen molar-refractivity contribution in [2.45, 2.75) is 33.2 Å². The van der Waals surface area contributed by atoms with Crippen molar-refractivity contribution in [3.8, 4) is 0 Å². The monoisotopic (exact) mass is 225 g/mol. The summed E-state index contributed by atoms with van der Waals surface area (Å²) < 4.78 is 1.75. The highest BCUT2D eigenvalue weighted by molar-refractivity contribution is 7.16. The molecule has 1 unspecified atom stereocenters. The van der Waals surface area contributed by atoms with E-state index in [0.717, 1.165) is 22.2 Å².